The van der Waals surface area contributed by atoms with Gasteiger partial charge in [0.25, 0.3) is 0 Å². The molecule has 0 aliphatic carbocycles. The number of likely N-dealkylation sites (N-methyl/N-ethyl adjacent to an activating group) is 1. The van der Waals surface area contributed by atoms with Gasteiger partial charge in [-0.25, -0.2) is 0 Å². The third-order valence-electron chi connectivity index (χ3n) is 3.60. The molecule has 2 rings (SSSR count). The Bertz CT molecular complexity index is 339. The van der Waals surface area contributed by atoms with Crippen LogP contribution in [0.1, 0.15) is 20.3 Å². The van der Waals surface area contributed by atoms with Gasteiger partial charge in [0.2, 0.25) is 0 Å². The molecule has 0 amide bonds. The number of aromatic nitrogens is 2. The number of hydrogen-bond acceptors (Lipinski definition) is 4. The third-order valence-corrected chi connectivity index (χ3v) is 3.60. The second kappa shape index (κ2) is 6.75. The highest BCUT2D eigenvalue weighted by molar-refractivity contribution is 5.39. The summed E-state index contributed by atoms with van der Waals surface area (Å²) in [6, 6.07) is 0.561. The average Bonchev–Trinajstić information content (AvgIpc) is 3.03. The van der Waals surface area contributed by atoms with Crippen LogP contribution in [-0.4, -0.2) is 53.4 Å². The Kier molecular flexibility index (Phi) is 5.01. The highest BCUT2D eigenvalue weighted by atomic mass is 15.3. The summed E-state index contributed by atoms with van der Waals surface area (Å²) in [5.41, 5.74) is 1.14. The fraction of sp³-hybridized carbons (Fsp3) is 0.769. The molecule has 0 spiro atoms. The molecule has 1 saturated heterocycles. The molecular formula is C13H25N5. The monoisotopic (exact) mass is 251 g/mol. The lowest BCUT2D eigenvalue weighted by Crippen LogP contribution is -2.27. The molecule has 1 fully saturated rings. The number of nitrogens with one attached hydrogen (secondary N) is 2. The van der Waals surface area contributed by atoms with Gasteiger partial charge < -0.3 is 15.5 Å². The fourth-order valence-electron chi connectivity index (χ4n) is 2.36. The van der Waals surface area contributed by atoms with Gasteiger partial charge in [-0.15, -0.1) is 0 Å². The molecule has 18 heavy (non-hydrogen) atoms. The predicted molar refractivity (Wildman–Crippen MR) is 74.9 cm³/mol. The Hall–Kier alpha value is -1.07. The first kappa shape index (κ1) is 13.4. The van der Waals surface area contributed by atoms with Crippen LogP contribution in [0.15, 0.2) is 12.4 Å². The Labute approximate surface area is 110 Å². The van der Waals surface area contributed by atoms with Crippen molar-refractivity contribution in [1.82, 2.24) is 20.0 Å². The molecule has 5 heteroatoms. The number of anilines is 1. The van der Waals surface area contributed by atoms with Gasteiger partial charge in [0, 0.05) is 25.3 Å². The van der Waals surface area contributed by atoms with Crippen LogP contribution in [0.3, 0.4) is 0 Å². The second-order valence-corrected chi connectivity index (χ2v) is 4.85. The highest BCUT2D eigenvalue weighted by Crippen LogP contribution is 2.10. The van der Waals surface area contributed by atoms with Crippen LogP contribution in [0.25, 0.3) is 0 Å². The second-order valence-electron chi connectivity index (χ2n) is 4.85. The molecular weight excluding hydrogens is 226 g/mol. The summed E-state index contributed by atoms with van der Waals surface area (Å²) in [6.07, 6.45) is 5.24. The minimum absolute atomic E-state index is 0.561. The lowest BCUT2D eigenvalue weighted by molar-refractivity contribution is 0.285. The van der Waals surface area contributed by atoms with Crippen molar-refractivity contribution in [1.29, 1.82) is 0 Å². The lowest BCUT2D eigenvalue weighted by atomic mass is 10.2. The Balaban J connectivity index is 1.78. The van der Waals surface area contributed by atoms with Crippen molar-refractivity contribution in [2.24, 2.45) is 0 Å². The van der Waals surface area contributed by atoms with Crippen molar-refractivity contribution in [3.63, 3.8) is 0 Å². The van der Waals surface area contributed by atoms with E-state index in [9.17, 15) is 0 Å². The summed E-state index contributed by atoms with van der Waals surface area (Å²) >= 11 is 0. The standard InChI is InChI=1S/C13H25N5/c1-3-17(4-2)7-8-18-11-13(10-15-18)16-12-5-6-14-9-12/h10-12,14,16H,3-9H2,1-2H3. The van der Waals surface area contributed by atoms with Crippen LogP contribution in [0.4, 0.5) is 5.69 Å². The van der Waals surface area contributed by atoms with Gasteiger partial charge in [-0.2, -0.15) is 5.10 Å². The predicted octanol–water partition coefficient (Wildman–Crippen LogP) is 0.999. The summed E-state index contributed by atoms with van der Waals surface area (Å²) < 4.78 is 2.03. The van der Waals surface area contributed by atoms with Crippen molar-refractivity contribution in [3.8, 4) is 0 Å². The zero-order valence-electron chi connectivity index (χ0n) is 11.5. The SMILES string of the molecule is CCN(CC)CCn1cc(NC2CCNC2)cn1. The van der Waals surface area contributed by atoms with E-state index in [4.69, 9.17) is 0 Å². The number of nitrogens with zero attached hydrogens (tertiary/aromatic N) is 3. The Morgan fingerprint density at radius 2 is 2.33 bits per heavy atom. The molecule has 1 unspecified atom stereocenters. The molecule has 102 valence electrons. The smallest absolute Gasteiger partial charge is 0.0729 e. The maximum absolute atomic E-state index is 4.41. The first-order chi connectivity index (χ1) is 8.81. The van der Waals surface area contributed by atoms with E-state index >= 15 is 0 Å². The van der Waals surface area contributed by atoms with Gasteiger partial charge >= 0.3 is 0 Å². The molecule has 0 bridgehead atoms. The number of hydrogen-bond donors (Lipinski definition) is 2. The normalized spacial score (nSPS) is 19.6. The van der Waals surface area contributed by atoms with Gasteiger partial charge in [-0.1, -0.05) is 13.8 Å². The van der Waals surface area contributed by atoms with Crippen LogP contribution in [0.2, 0.25) is 0 Å². The van der Waals surface area contributed by atoms with Crippen molar-refractivity contribution in [2.45, 2.75) is 32.9 Å². The van der Waals surface area contributed by atoms with Gasteiger partial charge in [-0.3, -0.25) is 4.68 Å². The van der Waals surface area contributed by atoms with Crippen molar-refractivity contribution in [3.05, 3.63) is 12.4 Å². The highest BCUT2D eigenvalue weighted by Gasteiger charge is 2.14. The first-order valence-electron chi connectivity index (χ1n) is 7.04. The quantitative estimate of drug-likeness (QED) is 0.759. The number of rotatable bonds is 7. The maximum atomic E-state index is 4.41. The maximum Gasteiger partial charge on any atom is 0.0729 e. The lowest BCUT2D eigenvalue weighted by Gasteiger charge is -2.17. The molecule has 1 atom stereocenters. The van der Waals surface area contributed by atoms with E-state index in [1.165, 1.54) is 6.42 Å². The zero-order chi connectivity index (χ0) is 12.8. The van der Waals surface area contributed by atoms with Crippen LogP contribution in [0.5, 0.6) is 0 Å². The molecule has 0 radical (unpaired) electrons. The molecule has 0 saturated carbocycles. The van der Waals surface area contributed by atoms with Gasteiger partial charge in [0.05, 0.1) is 18.4 Å². The fourth-order valence-corrected chi connectivity index (χ4v) is 2.36. The summed E-state index contributed by atoms with van der Waals surface area (Å²) in [4.78, 5) is 2.41. The molecule has 2 heterocycles. The minimum Gasteiger partial charge on any atom is -0.378 e. The summed E-state index contributed by atoms with van der Waals surface area (Å²) in [5.74, 6) is 0. The van der Waals surface area contributed by atoms with E-state index in [1.54, 1.807) is 0 Å². The van der Waals surface area contributed by atoms with Gasteiger partial charge in [0.15, 0.2) is 0 Å². The molecule has 2 N–H and O–H groups in total. The first-order valence-corrected chi connectivity index (χ1v) is 7.04. The van der Waals surface area contributed by atoms with E-state index in [0.29, 0.717) is 6.04 Å². The molecule has 1 aromatic rings. The summed E-state index contributed by atoms with van der Waals surface area (Å²) in [6.45, 7) is 10.8. The molecule has 1 aromatic heterocycles. The van der Waals surface area contributed by atoms with E-state index < -0.39 is 0 Å². The van der Waals surface area contributed by atoms with Gasteiger partial charge in [0.1, 0.15) is 0 Å². The largest absolute Gasteiger partial charge is 0.378 e. The van der Waals surface area contributed by atoms with Crippen LogP contribution in [0, 0.1) is 0 Å². The van der Waals surface area contributed by atoms with Crippen LogP contribution >= 0.6 is 0 Å². The van der Waals surface area contributed by atoms with E-state index in [-0.39, 0.29) is 0 Å². The Morgan fingerprint density at radius 1 is 1.50 bits per heavy atom. The molecule has 0 aromatic carbocycles. The van der Waals surface area contributed by atoms with Gasteiger partial charge in [-0.05, 0) is 26.1 Å². The van der Waals surface area contributed by atoms with Crippen molar-refractivity contribution >= 4 is 5.69 Å². The van der Waals surface area contributed by atoms with E-state index in [0.717, 1.165) is 45.0 Å². The minimum atomic E-state index is 0.561. The van der Waals surface area contributed by atoms with Crippen molar-refractivity contribution < 1.29 is 0 Å². The topological polar surface area (TPSA) is 45.1 Å². The van der Waals surface area contributed by atoms with E-state index in [1.807, 2.05) is 10.9 Å². The summed E-state index contributed by atoms with van der Waals surface area (Å²) in [7, 11) is 0. The zero-order valence-corrected chi connectivity index (χ0v) is 11.5. The Morgan fingerprint density at radius 3 is 3.00 bits per heavy atom. The van der Waals surface area contributed by atoms with Crippen LogP contribution in [-0.2, 0) is 6.54 Å². The van der Waals surface area contributed by atoms with Crippen LogP contribution < -0.4 is 10.6 Å². The summed E-state index contributed by atoms with van der Waals surface area (Å²) in [5, 5.41) is 11.3. The van der Waals surface area contributed by atoms with Crippen molar-refractivity contribution in [2.75, 3.05) is 38.0 Å². The molecule has 1 aliphatic heterocycles. The van der Waals surface area contributed by atoms with E-state index in [2.05, 4.69) is 40.7 Å². The molecule has 1 aliphatic rings. The molecule has 5 nitrogen and oxygen atoms in total. The average molecular weight is 251 g/mol. The third kappa shape index (κ3) is 3.71.